The Morgan fingerprint density at radius 1 is 1.23 bits per heavy atom. The molecule has 2 heterocycles. The number of benzene rings is 1. The molecule has 4 heteroatoms. The summed E-state index contributed by atoms with van der Waals surface area (Å²) in [5, 5.41) is 7.73. The molecule has 0 spiro atoms. The molecule has 22 heavy (non-hydrogen) atoms. The molecule has 1 aliphatic carbocycles. The summed E-state index contributed by atoms with van der Waals surface area (Å²) in [6, 6.07) is 8.21. The minimum Gasteiger partial charge on any atom is -0.353 e. The summed E-state index contributed by atoms with van der Waals surface area (Å²) in [5.41, 5.74) is 4.52. The van der Waals surface area contributed by atoms with Crippen molar-refractivity contribution >= 4 is 22.2 Å². The van der Waals surface area contributed by atoms with Gasteiger partial charge in [-0.05, 0) is 48.8 Å². The standard InChI is InChI=1S/C18H20N2OS/c1-10-7-8-13-14(9-10)22-18-15(13)17(21)19-16(20-18)12-6-4-3-5-11(12)2/h3-6,10,16,20H,7-9H2,1-2H3,(H,19,21)/t10-,16+/m0/s1. The van der Waals surface area contributed by atoms with E-state index in [1.54, 1.807) is 11.3 Å². The van der Waals surface area contributed by atoms with E-state index in [2.05, 4.69) is 36.6 Å². The number of hydrogen-bond acceptors (Lipinski definition) is 3. The minimum atomic E-state index is -0.126. The quantitative estimate of drug-likeness (QED) is 0.834. The Morgan fingerprint density at radius 2 is 2.05 bits per heavy atom. The van der Waals surface area contributed by atoms with Crippen molar-refractivity contribution in [3.8, 4) is 0 Å². The van der Waals surface area contributed by atoms with Gasteiger partial charge in [0.05, 0.1) is 5.56 Å². The van der Waals surface area contributed by atoms with Crippen LogP contribution in [0.4, 0.5) is 5.00 Å². The molecule has 1 aliphatic heterocycles. The number of hydrogen-bond donors (Lipinski definition) is 2. The molecule has 0 unspecified atom stereocenters. The number of rotatable bonds is 1. The highest BCUT2D eigenvalue weighted by Gasteiger charge is 2.33. The van der Waals surface area contributed by atoms with Gasteiger partial charge < -0.3 is 10.6 Å². The normalized spacial score (nSPS) is 23.3. The monoisotopic (exact) mass is 312 g/mol. The fraction of sp³-hybridized carbons (Fsp3) is 0.389. The van der Waals surface area contributed by atoms with E-state index in [-0.39, 0.29) is 12.1 Å². The lowest BCUT2D eigenvalue weighted by Gasteiger charge is -2.28. The Hall–Kier alpha value is -1.81. The molecule has 2 atom stereocenters. The number of amides is 1. The van der Waals surface area contributed by atoms with Crippen LogP contribution >= 0.6 is 11.3 Å². The van der Waals surface area contributed by atoms with Crippen molar-refractivity contribution < 1.29 is 4.79 Å². The number of carbonyl (C=O) groups is 1. The van der Waals surface area contributed by atoms with Crippen LogP contribution < -0.4 is 10.6 Å². The molecule has 1 aromatic heterocycles. The molecule has 0 radical (unpaired) electrons. The van der Waals surface area contributed by atoms with Gasteiger partial charge in [-0.2, -0.15) is 0 Å². The van der Waals surface area contributed by atoms with Gasteiger partial charge in [0.2, 0.25) is 0 Å². The van der Waals surface area contributed by atoms with Crippen LogP contribution in [0.25, 0.3) is 0 Å². The predicted molar refractivity (Wildman–Crippen MR) is 90.5 cm³/mol. The van der Waals surface area contributed by atoms with Crippen molar-refractivity contribution in [2.24, 2.45) is 5.92 Å². The minimum absolute atomic E-state index is 0.0778. The van der Waals surface area contributed by atoms with Gasteiger partial charge in [-0.25, -0.2) is 0 Å². The molecule has 114 valence electrons. The molecule has 2 aromatic rings. The number of fused-ring (bicyclic) bond motifs is 3. The molecule has 0 saturated heterocycles. The second-order valence-electron chi connectivity index (χ2n) is 6.46. The third-order valence-electron chi connectivity index (χ3n) is 4.79. The van der Waals surface area contributed by atoms with Crippen molar-refractivity contribution in [2.45, 2.75) is 39.3 Å². The molecule has 0 fully saturated rings. The highest BCUT2D eigenvalue weighted by molar-refractivity contribution is 7.16. The maximum atomic E-state index is 12.7. The van der Waals surface area contributed by atoms with Gasteiger partial charge in [0.1, 0.15) is 11.2 Å². The Bertz CT molecular complexity index is 750. The summed E-state index contributed by atoms with van der Waals surface area (Å²) in [6.45, 7) is 4.38. The molecular weight excluding hydrogens is 292 g/mol. The lowest BCUT2D eigenvalue weighted by Crippen LogP contribution is -2.38. The first-order valence-electron chi connectivity index (χ1n) is 7.91. The van der Waals surface area contributed by atoms with E-state index < -0.39 is 0 Å². The first-order valence-corrected chi connectivity index (χ1v) is 8.72. The largest absolute Gasteiger partial charge is 0.353 e. The topological polar surface area (TPSA) is 41.1 Å². The van der Waals surface area contributed by atoms with Gasteiger partial charge in [0.15, 0.2) is 0 Å². The number of anilines is 1. The maximum absolute atomic E-state index is 12.7. The van der Waals surface area contributed by atoms with Crippen LogP contribution in [0.3, 0.4) is 0 Å². The fourth-order valence-electron chi connectivity index (χ4n) is 3.53. The summed E-state index contributed by atoms with van der Waals surface area (Å²) in [5.74, 6) is 0.803. The van der Waals surface area contributed by atoms with Crippen molar-refractivity contribution in [1.82, 2.24) is 5.32 Å². The molecule has 1 amide bonds. The summed E-state index contributed by atoms with van der Waals surface area (Å²) in [4.78, 5) is 14.1. The van der Waals surface area contributed by atoms with E-state index >= 15 is 0 Å². The Labute approximate surface area is 134 Å². The summed E-state index contributed by atoms with van der Waals surface area (Å²) >= 11 is 1.78. The third-order valence-corrected chi connectivity index (χ3v) is 5.97. The SMILES string of the molecule is Cc1ccccc1[C@@H]1NC(=O)c2c(sc3c2CC[C@H](C)C3)N1. The number of thiophene rings is 1. The van der Waals surface area contributed by atoms with Gasteiger partial charge in [0.25, 0.3) is 5.91 Å². The molecule has 4 rings (SSSR count). The second kappa shape index (κ2) is 5.13. The van der Waals surface area contributed by atoms with Crippen LogP contribution in [0.2, 0.25) is 0 Å². The zero-order valence-electron chi connectivity index (χ0n) is 12.9. The molecule has 0 saturated carbocycles. The average Bonchev–Trinajstić information content (AvgIpc) is 2.85. The zero-order chi connectivity index (χ0) is 15.3. The Morgan fingerprint density at radius 3 is 2.86 bits per heavy atom. The van der Waals surface area contributed by atoms with E-state index in [9.17, 15) is 4.79 Å². The molecule has 0 bridgehead atoms. The first-order chi connectivity index (χ1) is 10.6. The lowest BCUT2D eigenvalue weighted by molar-refractivity contribution is 0.0935. The van der Waals surface area contributed by atoms with Crippen LogP contribution in [-0.2, 0) is 12.8 Å². The Balaban J connectivity index is 1.73. The summed E-state index contributed by atoms with van der Waals surface area (Å²) in [7, 11) is 0. The third kappa shape index (κ3) is 2.13. The molecular formula is C18H20N2OS. The first kappa shape index (κ1) is 13.8. The predicted octanol–water partition coefficient (Wildman–Crippen LogP) is 4.04. The molecule has 2 N–H and O–H groups in total. The van der Waals surface area contributed by atoms with E-state index in [1.807, 2.05) is 12.1 Å². The Kier molecular flexibility index (Phi) is 3.22. The van der Waals surface area contributed by atoms with Crippen molar-refractivity contribution in [3.05, 3.63) is 51.4 Å². The van der Waals surface area contributed by atoms with E-state index in [1.165, 1.54) is 22.4 Å². The van der Waals surface area contributed by atoms with Gasteiger partial charge in [-0.1, -0.05) is 31.2 Å². The molecule has 2 aliphatic rings. The molecule has 3 nitrogen and oxygen atoms in total. The van der Waals surface area contributed by atoms with Crippen molar-refractivity contribution in [3.63, 3.8) is 0 Å². The fourth-order valence-corrected chi connectivity index (χ4v) is 4.97. The van der Waals surface area contributed by atoms with Crippen LogP contribution in [0.15, 0.2) is 24.3 Å². The van der Waals surface area contributed by atoms with Gasteiger partial charge in [0, 0.05) is 4.88 Å². The number of nitrogens with one attached hydrogen (secondary N) is 2. The smallest absolute Gasteiger partial charge is 0.256 e. The van der Waals surface area contributed by atoms with Crippen molar-refractivity contribution in [2.75, 3.05) is 5.32 Å². The van der Waals surface area contributed by atoms with Crippen LogP contribution in [-0.4, -0.2) is 5.91 Å². The van der Waals surface area contributed by atoms with Crippen LogP contribution in [0, 0.1) is 12.8 Å². The lowest BCUT2D eigenvalue weighted by atomic mass is 9.88. The van der Waals surface area contributed by atoms with Gasteiger partial charge >= 0.3 is 0 Å². The summed E-state index contributed by atoms with van der Waals surface area (Å²) in [6.07, 6.45) is 3.20. The summed E-state index contributed by atoms with van der Waals surface area (Å²) < 4.78 is 0. The number of carbonyl (C=O) groups excluding carboxylic acids is 1. The van der Waals surface area contributed by atoms with E-state index in [4.69, 9.17) is 0 Å². The zero-order valence-corrected chi connectivity index (χ0v) is 13.7. The van der Waals surface area contributed by atoms with E-state index in [0.717, 1.165) is 34.9 Å². The van der Waals surface area contributed by atoms with Gasteiger partial charge in [-0.3, -0.25) is 4.79 Å². The van der Waals surface area contributed by atoms with Crippen molar-refractivity contribution in [1.29, 1.82) is 0 Å². The number of aryl methyl sites for hydroxylation is 1. The van der Waals surface area contributed by atoms with E-state index in [0.29, 0.717) is 0 Å². The maximum Gasteiger partial charge on any atom is 0.256 e. The molecule has 1 aromatic carbocycles. The highest BCUT2D eigenvalue weighted by Crippen LogP contribution is 2.42. The van der Waals surface area contributed by atoms with Crippen LogP contribution in [0.5, 0.6) is 0 Å². The average molecular weight is 312 g/mol. The second-order valence-corrected chi connectivity index (χ2v) is 7.57. The van der Waals surface area contributed by atoms with Gasteiger partial charge in [-0.15, -0.1) is 11.3 Å². The highest BCUT2D eigenvalue weighted by atomic mass is 32.1. The van der Waals surface area contributed by atoms with Crippen LogP contribution in [0.1, 0.15) is 51.4 Å².